The van der Waals surface area contributed by atoms with E-state index in [0.717, 1.165) is 28.2 Å². The molecular formula is C26H24N4O2. The van der Waals surface area contributed by atoms with Crippen LogP contribution in [0.25, 0.3) is 28.1 Å². The predicted molar refractivity (Wildman–Crippen MR) is 127 cm³/mol. The maximum atomic E-state index is 13.3. The number of nitrogens with one attached hydrogen (secondary N) is 1. The van der Waals surface area contributed by atoms with E-state index < -0.39 is 0 Å². The number of aryl methyl sites for hydroxylation is 2. The number of benzene rings is 2. The monoisotopic (exact) mass is 424 g/mol. The van der Waals surface area contributed by atoms with Crippen molar-refractivity contribution >= 4 is 22.3 Å². The fourth-order valence-corrected chi connectivity index (χ4v) is 4.14. The number of hydrogen-bond donors (Lipinski definition) is 1. The molecule has 0 amide bonds. The summed E-state index contributed by atoms with van der Waals surface area (Å²) in [6, 6.07) is 13.9. The highest BCUT2D eigenvalue weighted by Gasteiger charge is 2.20. The summed E-state index contributed by atoms with van der Waals surface area (Å²) < 4.78 is 8.32. The van der Waals surface area contributed by atoms with Crippen molar-refractivity contribution in [3.8, 4) is 11.5 Å². The van der Waals surface area contributed by atoms with Gasteiger partial charge in [-0.1, -0.05) is 24.3 Å². The average molecular weight is 425 g/mol. The minimum absolute atomic E-state index is 0.0400. The molecule has 5 rings (SSSR count). The summed E-state index contributed by atoms with van der Waals surface area (Å²) in [6.07, 6.45) is 5.48. The lowest BCUT2D eigenvalue weighted by Gasteiger charge is -2.18. The fourth-order valence-electron chi connectivity index (χ4n) is 4.14. The molecule has 0 aliphatic rings. The van der Waals surface area contributed by atoms with Gasteiger partial charge >= 0.3 is 0 Å². The average Bonchev–Trinajstić information content (AvgIpc) is 3.16. The van der Waals surface area contributed by atoms with Gasteiger partial charge in [-0.15, -0.1) is 0 Å². The Morgan fingerprint density at radius 2 is 1.84 bits per heavy atom. The molecular weight excluding hydrogens is 400 g/mol. The van der Waals surface area contributed by atoms with Crippen molar-refractivity contribution in [2.24, 2.45) is 0 Å². The van der Waals surface area contributed by atoms with Crippen molar-refractivity contribution in [3.05, 3.63) is 93.7 Å². The van der Waals surface area contributed by atoms with Gasteiger partial charge in [-0.25, -0.2) is 9.97 Å². The van der Waals surface area contributed by atoms with Gasteiger partial charge in [-0.3, -0.25) is 4.79 Å². The Balaban J connectivity index is 1.70. The number of nitrogens with zero attached hydrogens (tertiary/aromatic N) is 3. The largest absolute Gasteiger partial charge is 0.453 e. The van der Waals surface area contributed by atoms with E-state index in [1.807, 2.05) is 67.0 Å². The number of imidazole rings is 1. The predicted octanol–water partition coefficient (Wildman–Crippen LogP) is 5.60. The van der Waals surface area contributed by atoms with E-state index in [4.69, 9.17) is 4.42 Å². The van der Waals surface area contributed by atoms with Crippen molar-refractivity contribution in [2.75, 3.05) is 5.32 Å². The second kappa shape index (κ2) is 7.64. The van der Waals surface area contributed by atoms with E-state index in [0.29, 0.717) is 28.0 Å². The number of para-hydroxylation sites is 1. The van der Waals surface area contributed by atoms with Crippen molar-refractivity contribution in [2.45, 2.75) is 33.7 Å². The Bertz CT molecular complexity index is 1520. The molecule has 0 bridgehead atoms. The van der Waals surface area contributed by atoms with Gasteiger partial charge in [0.2, 0.25) is 0 Å². The van der Waals surface area contributed by atoms with Crippen LogP contribution in [0.1, 0.15) is 35.3 Å². The first-order valence-corrected chi connectivity index (χ1v) is 10.6. The number of hydrogen-bond acceptors (Lipinski definition) is 5. The van der Waals surface area contributed by atoms with Crippen LogP contribution >= 0.6 is 0 Å². The van der Waals surface area contributed by atoms with E-state index in [1.54, 1.807) is 13.1 Å². The van der Waals surface area contributed by atoms with Gasteiger partial charge in [0.05, 0.1) is 23.3 Å². The molecule has 1 unspecified atom stereocenters. The number of anilines is 1. The van der Waals surface area contributed by atoms with Gasteiger partial charge in [0, 0.05) is 29.2 Å². The molecule has 3 aromatic heterocycles. The minimum Gasteiger partial charge on any atom is -0.453 e. The second-order valence-electron chi connectivity index (χ2n) is 8.27. The van der Waals surface area contributed by atoms with Gasteiger partial charge in [0.15, 0.2) is 16.8 Å². The molecule has 0 fully saturated rings. The molecule has 6 heteroatoms. The van der Waals surface area contributed by atoms with Crippen LogP contribution in [-0.4, -0.2) is 14.4 Å². The van der Waals surface area contributed by atoms with E-state index in [1.165, 1.54) is 0 Å². The lowest BCUT2D eigenvalue weighted by Crippen LogP contribution is -2.12. The molecule has 0 saturated heterocycles. The molecule has 0 saturated carbocycles. The van der Waals surface area contributed by atoms with Gasteiger partial charge in [-0.05, 0) is 51.5 Å². The summed E-state index contributed by atoms with van der Waals surface area (Å²) in [6.45, 7) is 7.79. The minimum atomic E-state index is -0.0646. The molecule has 0 aliphatic carbocycles. The third-order valence-electron chi connectivity index (χ3n) is 5.71. The zero-order valence-electron chi connectivity index (χ0n) is 18.5. The van der Waals surface area contributed by atoms with E-state index >= 15 is 0 Å². The van der Waals surface area contributed by atoms with Crippen LogP contribution in [0.2, 0.25) is 0 Å². The molecule has 3 heterocycles. The number of fused-ring (bicyclic) bond motifs is 2. The standard InChI is InChI=1S/C26H24N4O2/c1-15-10-20(18(4)29-19-8-6-5-7-9-19)26-21(11-15)24(31)17(3)25(32-26)22-14-30-13-16(2)28-23(30)12-27-22/h5-14,18,29H,1-4H3. The Hall–Kier alpha value is -3.93. The number of rotatable bonds is 4. The van der Waals surface area contributed by atoms with Crippen LogP contribution < -0.4 is 10.7 Å². The highest BCUT2D eigenvalue weighted by Crippen LogP contribution is 2.31. The molecule has 0 spiro atoms. The van der Waals surface area contributed by atoms with Crippen LogP contribution in [0.4, 0.5) is 5.69 Å². The lowest BCUT2D eigenvalue weighted by atomic mass is 9.99. The van der Waals surface area contributed by atoms with Gasteiger partial charge in [0.1, 0.15) is 11.3 Å². The molecule has 1 N–H and O–H groups in total. The van der Waals surface area contributed by atoms with Crippen molar-refractivity contribution < 1.29 is 4.42 Å². The van der Waals surface area contributed by atoms with Crippen LogP contribution in [0.3, 0.4) is 0 Å². The first kappa shape index (κ1) is 20.0. The Kier molecular flexibility index (Phi) is 4.78. The topological polar surface area (TPSA) is 72.4 Å². The summed E-state index contributed by atoms with van der Waals surface area (Å²) in [7, 11) is 0. The third kappa shape index (κ3) is 3.43. The smallest absolute Gasteiger partial charge is 0.196 e. The second-order valence-corrected chi connectivity index (χ2v) is 8.27. The molecule has 0 aliphatic heterocycles. The summed E-state index contributed by atoms with van der Waals surface area (Å²) in [5.41, 5.74) is 6.30. The molecule has 0 radical (unpaired) electrons. The highest BCUT2D eigenvalue weighted by molar-refractivity contribution is 5.84. The fraction of sp³-hybridized carbons (Fsp3) is 0.192. The number of aromatic nitrogens is 3. The molecule has 1 atom stereocenters. The summed E-state index contributed by atoms with van der Waals surface area (Å²) >= 11 is 0. The van der Waals surface area contributed by atoms with Crippen LogP contribution in [0, 0.1) is 20.8 Å². The molecule has 5 aromatic rings. The van der Waals surface area contributed by atoms with E-state index in [2.05, 4.69) is 28.3 Å². The summed E-state index contributed by atoms with van der Waals surface area (Å²) in [5.74, 6) is 0.479. The molecule has 2 aromatic carbocycles. The lowest BCUT2D eigenvalue weighted by molar-refractivity contribution is 0.602. The normalized spacial score (nSPS) is 12.4. The van der Waals surface area contributed by atoms with Gasteiger partial charge < -0.3 is 14.1 Å². The van der Waals surface area contributed by atoms with Crippen LogP contribution in [0.15, 0.2) is 70.3 Å². The van der Waals surface area contributed by atoms with Crippen molar-refractivity contribution in [3.63, 3.8) is 0 Å². The maximum Gasteiger partial charge on any atom is 0.196 e. The highest BCUT2D eigenvalue weighted by atomic mass is 16.3. The van der Waals surface area contributed by atoms with Crippen molar-refractivity contribution in [1.82, 2.24) is 14.4 Å². The summed E-state index contributed by atoms with van der Waals surface area (Å²) in [5, 5.41) is 4.09. The first-order valence-electron chi connectivity index (χ1n) is 10.6. The van der Waals surface area contributed by atoms with Crippen molar-refractivity contribution in [1.29, 1.82) is 0 Å². The van der Waals surface area contributed by atoms with Gasteiger partial charge in [0.25, 0.3) is 0 Å². The maximum absolute atomic E-state index is 13.3. The SMILES string of the molecule is Cc1cc(C(C)Nc2ccccc2)c2oc(-c3cn4cc(C)nc4cn3)c(C)c(=O)c2c1. The van der Waals surface area contributed by atoms with Crippen LogP contribution in [-0.2, 0) is 0 Å². The summed E-state index contributed by atoms with van der Waals surface area (Å²) in [4.78, 5) is 22.3. The molecule has 6 nitrogen and oxygen atoms in total. The Morgan fingerprint density at radius 3 is 2.62 bits per heavy atom. The van der Waals surface area contributed by atoms with Crippen LogP contribution in [0.5, 0.6) is 0 Å². The zero-order valence-corrected chi connectivity index (χ0v) is 18.5. The Labute approximate surface area is 185 Å². The zero-order chi connectivity index (χ0) is 22.4. The first-order chi connectivity index (χ1) is 15.4. The van der Waals surface area contributed by atoms with E-state index in [-0.39, 0.29) is 11.5 Å². The van der Waals surface area contributed by atoms with Gasteiger partial charge in [-0.2, -0.15) is 0 Å². The molecule has 32 heavy (non-hydrogen) atoms. The Morgan fingerprint density at radius 1 is 1.06 bits per heavy atom. The molecule has 160 valence electrons. The quantitative estimate of drug-likeness (QED) is 0.406. The van der Waals surface area contributed by atoms with E-state index in [9.17, 15) is 4.79 Å². The third-order valence-corrected chi connectivity index (χ3v) is 5.71.